The van der Waals surface area contributed by atoms with Crippen LogP contribution in [0.25, 0.3) is 0 Å². The van der Waals surface area contributed by atoms with Gasteiger partial charge in [-0.25, -0.2) is 0 Å². The minimum absolute atomic E-state index is 0.0662. The third-order valence-corrected chi connectivity index (χ3v) is 4.95. The zero-order valence-corrected chi connectivity index (χ0v) is 12.4. The van der Waals surface area contributed by atoms with Gasteiger partial charge in [-0.3, -0.25) is 16.2 Å². The molecule has 3 rings (SSSR count). The zero-order valence-electron chi connectivity index (χ0n) is 12.4. The molecule has 2 aliphatic rings. The van der Waals surface area contributed by atoms with Crippen molar-refractivity contribution in [2.45, 2.75) is 44.9 Å². The standard InChI is InChI=1S/C16H25N3O/c1-11-5-3-7-14(12(11)2)16(18-17)15-9-19-8-4-6-13(19)10-20-15/h3,5,7,13,15-16,18H,4,6,8-10,17H2,1-2H3. The predicted molar refractivity (Wildman–Crippen MR) is 80.3 cm³/mol. The monoisotopic (exact) mass is 275 g/mol. The van der Waals surface area contributed by atoms with Gasteiger partial charge in [0.05, 0.1) is 18.8 Å². The molecule has 2 fully saturated rings. The van der Waals surface area contributed by atoms with Gasteiger partial charge in [-0.2, -0.15) is 0 Å². The summed E-state index contributed by atoms with van der Waals surface area (Å²) >= 11 is 0. The van der Waals surface area contributed by atoms with Crippen LogP contribution >= 0.6 is 0 Å². The van der Waals surface area contributed by atoms with Crippen LogP contribution in [0.15, 0.2) is 18.2 Å². The number of fused-ring (bicyclic) bond motifs is 1. The molecule has 3 unspecified atom stereocenters. The van der Waals surface area contributed by atoms with E-state index in [4.69, 9.17) is 10.6 Å². The van der Waals surface area contributed by atoms with Crippen LogP contribution in [-0.2, 0) is 4.74 Å². The summed E-state index contributed by atoms with van der Waals surface area (Å²) < 4.78 is 6.11. The fourth-order valence-electron chi connectivity index (χ4n) is 3.55. The molecule has 2 heterocycles. The summed E-state index contributed by atoms with van der Waals surface area (Å²) in [4.78, 5) is 2.56. The van der Waals surface area contributed by atoms with E-state index in [-0.39, 0.29) is 12.1 Å². The highest BCUT2D eigenvalue weighted by Gasteiger charge is 2.36. The van der Waals surface area contributed by atoms with Crippen LogP contribution in [-0.4, -0.2) is 36.7 Å². The van der Waals surface area contributed by atoms with E-state index in [0.717, 1.165) is 13.2 Å². The van der Waals surface area contributed by atoms with Crippen molar-refractivity contribution in [1.82, 2.24) is 10.3 Å². The number of rotatable bonds is 3. The van der Waals surface area contributed by atoms with Crippen molar-refractivity contribution in [2.75, 3.05) is 19.7 Å². The molecule has 2 aliphatic heterocycles. The van der Waals surface area contributed by atoms with Crippen LogP contribution in [0.2, 0.25) is 0 Å². The van der Waals surface area contributed by atoms with Gasteiger partial charge in [0.25, 0.3) is 0 Å². The van der Waals surface area contributed by atoms with Crippen LogP contribution in [0.1, 0.15) is 35.6 Å². The number of nitrogens with one attached hydrogen (secondary N) is 1. The molecule has 0 bridgehead atoms. The molecule has 3 N–H and O–H groups in total. The highest BCUT2D eigenvalue weighted by atomic mass is 16.5. The molecule has 4 nitrogen and oxygen atoms in total. The maximum absolute atomic E-state index is 6.11. The van der Waals surface area contributed by atoms with E-state index in [0.29, 0.717) is 6.04 Å². The summed E-state index contributed by atoms with van der Waals surface area (Å²) in [5.74, 6) is 5.84. The zero-order chi connectivity index (χ0) is 14.1. The minimum atomic E-state index is 0.0662. The molecule has 3 atom stereocenters. The molecule has 0 aliphatic carbocycles. The Balaban J connectivity index is 1.81. The van der Waals surface area contributed by atoms with Gasteiger partial charge in [-0.15, -0.1) is 0 Å². The molecule has 2 saturated heterocycles. The van der Waals surface area contributed by atoms with Crippen LogP contribution < -0.4 is 11.3 Å². The lowest BCUT2D eigenvalue weighted by Crippen LogP contribution is -2.51. The number of hydrogen-bond donors (Lipinski definition) is 2. The first-order valence-electron chi connectivity index (χ1n) is 7.58. The van der Waals surface area contributed by atoms with Gasteiger partial charge in [0.2, 0.25) is 0 Å². The number of aryl methyl sites for hydroxylation is 1. The van der Waals surface area contributed by atoms with Crippen molar-refractivity contribution in [3.05, 3.63) is 34.9 Å². The molecule has 110 valence electrons. The van der Waals surface area contributed by atoms with Crippen LogP contribution in [0, 0.1) is 13.8 Å². The second-order valence-corrected chi connectivity index (χ2v) is 6.10. The number of ether oxygens (including phenoxy) is 1. The van der Waals surface area contributed by atoms with Gasteiger partial charge >= 0.3 is 0 Å². The minimum Gasteiger partial charge on any atom is -0.373 e. The molecular weight excluding hydrogens is 250 g/mol. The van der Waals surface area contributed by atoms with Crippen molar-refractivity contribution in [2.24, 2.45) is 5.84 Å². The molecular formula is C16H25N3O. The first kappa shape index (κ1) is 14.0. The maximum atomic E-state index is 6.11. The third kappa shape index (κ3) is 2.49. The topological polar surface area (TPSA) is 50.5 Å². The molecule has 1 aromatic carbocycles. The Morgan fingerprint density at radius 2 is 2.25 bits per heavy atom. The summed E-state index contributed by atoms with van der Waals surface area (Å²) in [6, 6.07) is 7.10. The van der Waals surface area contributed by atoms with Crippen molar-refractivity contribution >= 4 is 0 Å². The molecule has 0 radical (unpaired) electrons. The Hall–Kier alpha value is -0.940. The Kier molecular flexibility index (Phi) is 4.08. The lowest BCUT2D eigenvalue weighted by Gasteiger charge is -2.39. The second-order valence-electron chi connectivity index (χ2n) is 6.10. The summed E-state index contributed by atoms with van der Waals surface area (Å²) in [5, 5.41) is 0. The van der Waals surface area contributed by atoms with Crippen molar-refractivity contribution in [1.29, 1.82) is 0 Å². The fraction of sp³-hybridized carbons (Fsp3) is 0.625. The summed E-state index contributed by atoms with van der Waals surface area (Å²) in [5.41, 5.74) is 6.86. The van der Waals surface area contributed by atoms with Crippen molar-refractivity contribution in [3.8, 4) is 0 Å². The molecule has 0 spiro atoms. The first-order chi connectivity index (χ1) is 9.70. The Labute approximate surface area is 121 Å². The van der Waals surface area contributed by atoms with E-state index in [1.54, 1.807) is 0 Å². The van der Waals surface area contributed by atoms with Crippen LogP contribution in [0.4, 0.5) is 0 Å². The van der Waals surface area contributed by atoms with Gasteiger partial charge in [-0.05, 0) is 49.9 Å². The second kappa shape index (κ2) is 5.82. The molecule has 0 amide bonds. The normalized spacial score (nSPS) is 28.4. The van der Waals surface area contributed by atoms with Crippen LogP contribution in [0.5, 0.6) is 0 Å². The van der Waals surface area contributed by atoms with Crippen molar-refractivity contribution in [3.63, 3.8) is 0 Å². The van der Waals surface area contributed by atoms with Gasteiger partial charge in [0.1, 0.15) is 0 Å². The van der Waals surface area contributed by atoms with E-state index in [9.17, 15) is 0 Å². The number of morpholine rings is 1. The fourth-order valence-corrected chi connectivity index (χ4v) is 3.55. The summed E-state index contributed by atoms with van der Waals surface area (Å²) in [7, 11) is 0. The van der Waals surface area contributed by atoms with E-state index < -0.39 is 0 Å². The lowest BCUT2D eigenvalue weighted by molar-refractivity contribution is -0.0654. The van der Waals surface area contributed by atoms with E-state index >= 15 is 0 Å². The molecule has 0 aromatic heterocycles. The Morgan fingerprint density at radius 1 is 1.40 bits per heavy atom. The smallest absolute Gasteiger partial charge is 0.0910 e. The van der Waals surface area contributed by atoms with E-state index in [1.165, 1.54) is 36.1 Å². The third-order valence-electron chi connectivity index (χ3n) is 4.95. The van der Waals surface area contributed by atoms with Crippen LogP contribution in [0.3, 0.4) is 0 Å². The highest BCUT2D eigenvalue weighted by Crippen LogP contribution is 2.30. The quantitative estimate of drug-likeness (QED) is 0.651. The Bertz CT molecular complexity index is 477. The van der Waals surface area contributed by atoms with E-state index in [2.05, 4.69) is 42.4 Å². The summed E-state index contributed by atoms with van der Waals surface area (Å²) in [6.07, 6.45) is 2.71. The molecule has 1 aromatic rings. The maximum Gasteiger partial charge on any atom is 0.0910 e. The lowest BCUT2D eigenvalue weighted by atomic mass is 9.93. The highest BCUT2D eigenvalue weighted by molar-refractivity contribution is 5.36. The number of benzene rings is 1. The molecule has 4 heteroatoms. The molecule has 0 saturated carbocycles. The predicted octanol–water partition coefficient (Wildman–Crippen LogP) is 1.67. The number of hydrogen-bond acceptors (Lipinski definition) is 4. The largest absolute Gasteiger partial charge is 0.373 e. The van der Waals surface area contributed by atoms with Gasteiger partial charge in [0, 0.05) is 12.6 Å². The van der Waals surface area contributed by atoms with Gasteiger partial charge in [-0.1, -0.05) is 18.2 Å². The van der Waals surface area contributed by atoms with E-state index in [1.807, 2.05) is 0 Å². The van der Waals surface area contributed by atoms with Crippen molar-refractivity contribution < 1.29 is 4.74 Å². The summed E-state index contributed by atoms with van der Waals surface area (Å²) in [6.45, 7) is 7.33. The van der Waals surface area contributed by atoms with Gasteiger partial charge in [0.15, 0.2) is 0 Å². The Morgan fingerprint density at radius 3 is 3.05 bits per heavy atom. The number of nitrogens with zero attached hydrogens (tertiary/aromatic N) is 1. The number of nitrogens with two attached hydrogens (primary N) is 1. The first-order valence-corrected chi connectivity index (χ1v) is 7.58. The SMILES string of the molecule is Cc1cccc(C(NN)C2CN3CCCC3CO2)c1C. The van der Waals surface area contributed by atoms with Gasteiger partial charge < -0.3 is 4.74 Å². The number of hydrazine groups is 1. The average molecular weight is 275 g/mol. The molecule has 20 heavy (non-hydrogen) atoms. The average Bonchev–Trinajstić information content (AvgIpc) is 2.92.